The lowest BCUT2D eigenvalue weighted by atomic mass is 9.90. The smallest absolute Gasteiger partial charge is 0.281 e. The number of aliphatic hydroxyl groups is 1. The molecule has 16 heteroatoms. The molecule has 2 N–H and O–H groups in total. The molecule has 1 atom stereocenters. The van der Waals surface area contributed by atoms with E-state index in [1.807, 2.05) is 71.6 Å². The Labute approximate surface area is 405 Å². The van der Waals surface area contributed by atoms with Crippen molar-refractivity contribution in [1.29, 1.82) is 0 Å². The van der Waals surface area contributed by atoms with Gasteiger partial charge in [-0.1, -0.05) is 93.4 Å². The second kappa shape index (κ2) is 20.0. The van der Waals surface area contributed by atoms with Crippen LogP contribution in [0.1, 0.15) is 49.7 Å². The summed E-state index contributed by atoms with van der Waals surface area (Å²) in [6.07, 6.45) is 2.98. The average Bonchev–Trinajstić information content (AvgIpc) is 3.82. The fourth-order valence-corrected chi connectivity index (χ4v) is 10.4. The number of fused-ring (bicyclic) bond motifs is 4. The Morgan fingerprint density at radius 1 is 0.806 bits per heavy atom. The predicted molar refractivity (Wildman–Crippen MR) is 268 cm³/mol. The van der Waals surface area contributed by atoms with Crippen LogP contribution >= 0.6 is 31.9 Å². The Hall–Kier alpha value is -5.52. The summed E-state index contributed by atoms with van der Waals surface area (Å²) >= 11 is 7.20. The zero-order valence-corrected chi connectivity index (χ0v) is 41.0. The van der Waals surface area contributed by atoms with E-state index >= 15 is 0 Å². The number of likely N-dealkylation sites (tertiary alicyclic amines) is 1. The van der Waals surface area contributed by atoms with E-state index in [0.29, 0.717) is 76.2 Å². The van der Waals surface area contributed by atoms with Crippen LogP contribution in [0.3, 0.4) is 0 Å². The SMILES string of the molecule is C[C@H](CC(=O)N1CCC(O)(Cn2cnc3c(-c4ccc(CNC(=O)CCN5CCN(CC(=O)Cn6c7ccc(Br)cc7c7cc(Br)ccc76)CC5)cc4)n(C)nc3c2=O)CC1)c1ccccc1. The minimum Gasteiger partial charge on any atom is -0.388 e. The molecule has 9 rings (SSSR count). The van der Waals surface area contributed by atoms with E-state index in [9.17, 15) is 24.3 Å². The highest BCUT2D eigenvalue weighted by Crippen LogP contribution is 2.34. The van der Waals surface area contributed by atoms with Crippen molar-refractivity contribution < 1.29 is 19.5 Å². The molecule has 2 amide bonds. The van der Waals surface area contributed by atoms with Crippen LogP contribution in [0, 0.1) is 0 Å². The first-order valence-electron chi connectivity index (χ1n) is 23.0. The number of benzene rings is 4. The number of hydrogen-bond acceptors (Lipinski definition) is 9. The topological polar surface area (TPSA) is 151 Å². The molecule has 2 fully saturated rings. The van der Waals surface area contributed by atoms with E-state index in [1.54, 1.807) is 11.7 Å². The van der Waals surface area contributed by atoms with Crippen molar-refractivity contribution >= 4 is 82.3 Å². The van der Waals surface area contributed by atoms with Gasteiger partial charge in [0, 0.05) is 109 Å². The number of hydrogen-bond donors (Lipinski definition) is 2. The van der Waals surface area contributed by atoms with Gasteiger partial charge in [-0.15, -0.1) is 0 Å². The number of piperazine rings is 1. The maximum atomic E-state index is 13.7. The average molecular weight is 1030 g/mol. The summed E-state index contributed by atoms with van der Waals surface area (Å²) in [5.74, 6) is 0.307. The molecule has 2 saturated heterocycles. The van der Waals surface area contributed by atoms with Crippen LogP contribution in [-0.4, -0.2) is 119 Å². The van der Waals surface area contributed by atoms with Gasteiger partial charge >= 0.3 is 0 Å². The summed E-state index contributed by atoms with van der Waals surface area (Å²) in [7, 11) is 1.78. The number of rotatable bonds is 15. The fraction of sp³-hybridized carbons (Fsp3) is 0.373. The summed E-state index contributed by atoms with van der Waals surface area (Å²) in [6.45, 7) is 7.81. The van der Waals surface area contributed by atoms with Crippen LogP contribution in [0.4, 0.5) is 0 Å². The first-order valence-corrected chi connectivity index (χ1v) is 24.6. The van der Waals surface area contributed by atoms with Crippen molar-refractivity contribution in [3.63, 3.8) is 0 Å². The van der Waals surface area contributed by atoms with Crippen molar-refractivity contribution in [3.05, 3.63) is 128 Å². The summed E-state index contributed by atoms with van der Waals surface area (Å²) in [5.41, 5.74) is 4.86. The van der Waals surface area contributed by atoms with Gasteiger partial charge in [0.05, 0.1) is 37.3 Å². The Balaban J connectivity index is 0.722. The first-order chi connectivity index (χ1) is 32.3. The largest absolute Gasteiger partial charge is 0.388 e. The second-order valence-corrected chi connectivity index (χ2v) is 20.1. The number of nitrogens with one attached hydrogen (secondary N) is 1. The molecule has 14 nitrogen and oxygen atoms in total. The van der Waals surface area contributed by atoms with Gasteiger partial charge < -0.3 is 24.8 Å². The quantitative estimate of drug-likeness (QED) is 0.112. The van der Waals surface area contributed by atoms with Crippen molar-refractivity contribution in [3.8, 4) is 11.3 Å². The highest BCUT2D eigenvalue weighted by atomic mass is 79.9. The van der Waals surface area contributed by atoms with Gasteiger partial charge in [0.1, 0.15) is 5.52 Å². The fourth-order valence-electron chi connectivity index (χ4n) is 9.66. The number of nitrogens with zero attached hydrogens (tertiary/aromatic N) is 8. The van der Waals surface area contributed by atoms with Crippen LogP contribution in [0.2, 0.25) is 0 Å². The molecule has 5 heterocycles. The van der Waals surface area contributed by atoms with Gasteiger partial charge in [0.15, 0.2) is 11.3 Å². The van der Waals surface area contributed by atoms with E-state index in [4.69, 9.17) is 0 Å². The van der Waals surface area contributed by atoms with Crippen molar-refractivity contribution in [2.24, 2.45) is 7.05 Å². The highest BCUT2D eigenvalue weighted by molar-refractivity contribution is 9.10. The van der Waals surface area contributed by atoms with Crippen LogP contribution in [-0.2, 0) is 41.1 Å². The third-order valence-electron chi connectivity index (χ3n) is 13.5. The van der Waals surface area contributed by atoms with Gasteiger partial charge in [0.2, 0.25) is 11.8 Å². The minimum absolute atomic E-state index is 0.0257. The molecule has 0 unspecified atom stereocenters. The lowest BCUT2D eigenvalue weighted by Crippen LogP contribution is -2.49. The molecule has 0 bridgehead atoms. The Kier molecular flexibility index (Phi) is 13.9. The van der Waals surface area contributed by atoms with E-state index in [-0.39, 0.29) is 41.1 Å². The number of Topliss-reactive ketones (excluding diaryl/α,β-unsaturated/α-hetero) is 1. The molecule has 2 aliphatic rings. The molecule has 67 heavy (non-hydrogen) atoms. The summed E-state index contributed by atoms with van der Waals surface area (Å²) in [6, 6.07) is 30.1. The van der Waals surface area contributed by atoms with Gasteiger partial charge in [-0.05, 0) is 66.3 Å². The zero-order chi connectivity index (χ0) is 46.8. The molecule has 7 aromatic rings. The normalized spacial score (nSPS) is 16.2. The number of piperidine rings is 1. The summed E-state index contributed by atoms with van der Waals surface area (Å²) in [5, 5.41) is 21.4. The van der Waals surface area contributed by atoms with Crippen molar-refractivity contribution in [2.45, 2.75) is 63.8 Å². The van der Waals surface area contributed by atoms with Gasteiger partial charge in [-0.25, -0.2) is 4.98 Å². The first kappa shape index (κ1) is 46.6. The molecule has 348 valence electrons. The molecular formula is C51H55Br2N9O5. The molecule has 3 aromatic heterocycles. The third-order valence-corrected chi connectivity index (χ3v) is 14.5. The Morgan fingerprint density at radius 3 is 2.10 bits per heavy atom. The van der Waals surface area contributed by atoms with Crippen molar-refractivity contribution in [1.82, 2.24) is 43.9 Å². The third kappa shape index (κ3) is 10.5. The number of aryl methyl sites for hydroxylation is 1. The number of carbonyl (C=O) groups is 3. The van der Waals surface area contributed by atoms with E-state index in [2.05, 4.69) is 92.8 Å². The van der Waals surface area contributed by atoms with Gasteiger partial charge in [-0.3, -0.25) is 33.3 Å². The summed E-state index contributed by atoms with van der Waals surface area (Å²) in [4.78, 5) is 64.1. The zero-order valence-electron chi connectivity index (χ0n) is 37.8. The molecule has 0 radical (unpaired) electrons. The number of carbonyl (C=O) groups excluding carboxylic acids is 3. The number of ketones is 1. The van der Waals surface area contributed by atoms with Crippen LogP contribution < -0.4 is 10.9 Å². The maximum Gasteiger partial charge on any atom is 0.281 e. The monoisotopic (exact) mass is 1030 g/mol. The van der Waals surface area contributed by atoms with Gasteiger partial charge in [-0.2, -0.15) is 5.10 Å². The van der Waals surface area contributed by atoms with E-state index in [1.165, 1.54) is 10.9 Å². The highest BCUT2D eigenvalue weighted by Gasteiger charge is 2.35. The number of aromatic nitrogens is 5. The molecular weight excluding hydrogens is 978 g/mol. The molecule has 0 spiro atoms. The van der Waals surface area contributed by atoms with Gasteiger partial charge in [0.25, 0.3) is 5.56 Å². The van der Waals surface area contributed by atoms with Crippen molar-refractivity contribution in [2.75, 3.05) is 52.4 Å². The standard InChI is InChI=1S/C51H55Br2N9O5/c1-34(36-6-4-3-5-7-36)26-46(65)60-20-17-51(67,18-21-60)32-61-33-55-47-48(50(61)66)56-57(2)49(47)37-10-8-35(9-11-37)29-54-45(64)16-19-58-22-24-59(25-23-58)30-40(63)31-62-43-14-12-38(52)27-41(43)42-28-39(53)13-15-44(42)62/h3-15,27-28,33-34,67H,16-26,29-32H2,1-2H3,(H,54,64)/t34-/m1/s1. The molecule has 2 aliphatic heterocycles. The minimum atomic E-state index is -1.16. The second-order valence-electron chi connectivity index (χ2n) is 18.3. The van der Waals surface area contributed by atoms with E-state index < -0.39 is 5.60 Å². The lowest BCUT2D eigenvalue weighted by molar-refractivity contribution is -0.136. The Bertz CT molecular complexity index is 2950. The predicted octanol–water partition coefficient (Wildman–Crippen LogP) is 6.87. The molecule has 0 aliphatic carbocycles. The molecule has 4 aromatic carbocycles. The molecule has 0 saturated carbocycles. The number of halogens is 2. The number of amides is 2. The summed E-state index contributed by atoms with van der Waals surface area (Å²) < 4.78 is 7.20. The lowest BCUT2D eigenvalue weighted by Gasteiger charge is -2.38. The van der Waals surface area contributed by atoms with Crippen LogP contribution in [0.15, 0.2) is 111 Å². The van der Waals surface area contributed by atoms with E-state index in [0.717, 1.165) is 73.6 Å². The maximum absolute atomic E-state index is 13.7. The van der Waals surface area contributed by atoms with Crippen LogP contribution in [0.5, 0.6) is 0 Å². The Morgan fingerprint density at radius 2 is 1.45 bits per heavy atom. The van der Waals surface area contributed by atoms with Crippen LogP contribution in [0.25, 0.3) is 44.1 Å².